The first-order valence-electron chi connectivity index (χ1n) is 9.66. The standard InChI is InChI=1S/C21H22N4O2S/c1-13(11-22)19-10-16-21(28-19)17(4-7-23-16)27-18-12-25(15-2-3-15)24-20(18)14-5-8-26-9-6-14/h4,7,10-12,14-15,22H,1-3,5-6,8-9H2. The van der Waals surface area contributed by atoms with Crippen molar-refractivity contribution in [3.8, 4) is 11.5 Å². The summed E-state index contributed by atoms with van der Waals surface area (Å²) in [6.07, 6.45) is 9.43. The molecule has 1 saturated carbocycles. The second-order valence-electron chi connectivity index (χ2n) is 7.38. The van der Waals surface area contributed by atoms with Crippen LogP contribution in [-0.4, -0.2) is 34.2 Å². The number of nitrogens with one attached hydrogen (secondary N) is 1. The van der Waals surface area contributed by atoms with Gasteiger partial charge in [-0.05, 0) is 31.7 Å². The Bertz CT molecular complexity index is 1040. The maximum absolute atomic E-state index is 7.45. The molecular weight excluding hydrogens is 372 g/mol. The van der Waals surface area contributed by atoms with Crippen molar-refractivity contribution in [3.05, 3.63) is 41.7 Å². The number of nitrogens with zero attached hydrogens (tertiary/aromatic N) is 3. The van der Waals surface area contributed by atoms with E-state index in [-0.39, 0.29) is 0 Å². The van der Waals surface area contributed by atoms with Crippen LogP contribution in [-0.2, 0) is 4.74 Å². The van der Waals surface area contributed by atoms with Crippen LogP contribution in [0, 0.1) is 5.41 Å². The van der Waals surface area contributed by atoms with Gasteiger partial charge in [0.25, 0.3) is 0 Å². The summed E-state index contributed by atoms with van der Waals surface area (Å²) in [5, 5.41) is 12.4. The van der Waals surface area contributed by atoms with E-state index >= 15 is 0 Å². The topological polar surface area (TPSA) is 73.0 Å². The lowest BCUT2D eigenvalue weighted by Crippen LogP contribution is -2.15. The molecule has 0 amide bonds. The summed E-state index contributed by atoms with van der Waals surface area (Å²) in [6, 6.07) is 4.38. The Hall–Kier alpha value is -2.51. The van der Waals surface area contributed by atoms with Crippen LogP contribution in [0.1, 0.15) is 48.2 Å². The van der Waals surface area contributed by atoms with E-state index in [0.717, 1.165) is 58.3 Å². The highest BCUT2D eigenvalue weighted by Gasteiger charge is 2.30. The monoisotopic (exact) mass is 394 g/mol. The average molecular weight is 395 g/mol. The Kier molecular flexibility index (Phi) is 4.49. The number of thiophene rings is 1. The molecule has 3 aromatic heterocycles. The van der Waals surface area contributed by atoms with Crippen molar-refractivity contribution in [1.29, 1.82) is 5.41 Å². The molecule has 2 aliphatic rings. The van der Waals surface area contributed by atoms with Crippen LogP contribution < -0.4 is 4.74 Å². The number of hydrogen-bond donors (Lipinski definition) is 1. The summed E-state index contributed by atoms with van der Waals surface area (Å²) in [5.41, 5.74) is 2.59. The van der Waals surface area contributed by atoms with E-state index in [0.29, 0.717) is 17.5 Å². The summed E-state index contributed by atoms with van der Waals surface area (Å²) in [6.45, 7) is 5.49. The Morgan fingerprint density at radius 2 is 2.11 bits per heavy atom. The summed E-state index contributed by atoms with van der Waals surface area (Å²) < 4.78 is 15.0. The third-order valence-electron chi connectivity index (χ3n) is 5.34. The summed E-state index contributed by atoms with van der Waals surface area (Å²) in [5.74, 6) is 1.99. The molecule has 0 atom stereocenters. The van der Waals surface area contributed by atoms with Gasteiger partial charge in [-0.3, -0.25) is 9.67 Å². The predicted molar refractivity (Wildman–Crippen MR) is 111 cm³/mol. The number of rotatable bonds is 6. The number of hydrogen-bond acceptors (Lipinski definition) is 6. The van der Waals surface area contributed by atoms with Crippen LogP contribution in [0.3, 0.4) is 0 Å². The van der Waals surface area contributed by atoms with Crippen LogP contribution >= 0.6 is 11.3 Å². The Balaban J connectivity index is 1.52. The lowest BCUT2D eigenvalue weighted by atomic mass is 9.96. The second kappa shape index (κ2) is 7.14. The summed E-state index contributed by atoms with van der Waals surface area (Å²) in [7, 11) is 0. The van der Waals surface area contributed by atoms with E-state index in [1.54, 1.807) is 17.5 Å². The number of pyridine rings is 1. The third-order valence-corrected chi connectivity index (χ3v) is 6.56. The highest BCUT2D eigenvalue weighted by atomic mass is 32.1. The minimum atomic E-state index is 0.373. The highest BCUT2D eigenvalue weighted by Crippen LogP contribution is 2.42. The Labute approximate surface area is 167 Å². The van der Waals surface area contributed by atoms with Gasteiger partial charge in [-0.1, -0.05) is 6.58 Å². The molecular formula is C21H22N4O2S. The molecule has 2 fully saturated rings. The van der Waals surface area contributed by atoms with Gasteiger partial charge in [-0.25, -0.2) is 0 Å². The second-order valence-corrected chi connectivity index (χ2v) is 8.43. The zero-order chi connectivity index (χ0) is 19.1. The zero-order valence-electron chi connectivity index (χ0n) is 15.6. The van der Waals surface area contributed by atoms with Gasteiger partial charge in [-0.15, -0.1) is 11.3 Å². The molecule has 0 bridgehead atoms. The van der Waals surface area contributed by atoms with E-state index in [9.17, 15) is 0 Å². The third kappa shape index (κ3) is 3.25. The Morgan fingerprint density at radius 3 is 2.86 bits per heavy atom. The van der Waals surface area contributed by atoms with Gasteiger partial charge < -0.3 is 14.9 Å². The van der Waals surface area contributed by atoms with Crippen molar-refractivity contribution >= 4 is 33.3 Å². The number of fused-ring (bicyclic) bond motifs is 1. The van der Waals surface area contributed by atoms with Gasteiger partial charge in [0.1, 0.15) is 11.4 Å². The summed E-state index contributed by atoms with van der Waals surface area (Å²) >= 11 is 1.56. The van der Waals surface area contributed by atoms with Crippen molar-refractivity contribution in [1.82, 2.24) is 14.8 Å². The average Bonchev–Trinajstić information content (AvgIpc) is 3.34. The summed E-state index contributed by atoms with van der Waals surface area (Å²) in [4.78, 5) is 5.39. The molecule has 4 heterocycles. The van der Waals surface area contributed by atoms with Crippen molar-refractivity contribution < 1.29 is 9.47 Å². The molecule has 0 radical (unpaired) electrons. The van der Waals surface area contributed by atoms with E-state index in [1.807, 2.05) is 12.1 Å². The van der Waals surface area contributed by atoms with Crippen molar-refractivity contribution in [2.75, 3.05) is 13.2 Å². The van der Waals surface area contributed by atoms with Gasteiger partial charge >= 0.3 is 0 Å². The van der Waals surface area contributed by atoms with Gasteiger partial charge in [0.05, 0.1) is 22.5 Å². The maximum atomic E-state index is 7.45. The molecule has 7 heteroatoms. The van der Waals surface area contributed by atoms with Gasteiger partial charge in [0, 0.05) is 48.1 Å². The fourth-order valence-electron chi connectivity index (χ4n) is 3.59. The fourth-order valence-corrected chi connectivity index (χ4v) is 4.60. The van der Waals surface area contributed by atoms with Crippen molar-refractivity contribution in [2.45, 2.75) is 37.6 Å². The first-order valence-corrected chi connectivity index (χ1v) is 10.5. The van der Waals surface area contributed by atoms with Crippen LogP contribution in [0.4, 0.5) is 0 Å². The molecule has 28 heavy (non-hydrogen) atoms. The van der Waals surface area contributed by atoms with Crippen LogP contribution in [0.15, 0.2) is 31.1 Å². The van der Waals surface area contributed by atoms with Gasteiger partial charge in [0.2, 0.25) is 0 Å². The minimum absolute atomic E-state index is 0.373. The lowest BCUT2D eigenvalue weighted by Gasteiger charge is -2.21. The predicted octanol–water partition coefficient (Wildman–Crippen LogP) is 5.18. The maximum Gasteiger partial charge on any atom is 0.168 e. The normalized spacial score (nSPS) is 17.7. The van der Waals surface area contributed by atoms with E-state index < -0.39 is 0 Å². The molecule has 3 aromatic rings. The molecule has 0 spiro atoms. The van der Waals surface area contributed by atoms with Crippen LogP contribution in [0.5, 0.6) is 11.5 Å². The van der Waals surface area contributed by atoms with Crippen molar-refractivity contribution in [3.63, 3.8) is 0 Å². The van der Waals surface area contributed by atoms with E-state index in [4.69, 9.17) is 20.0 Å². The first kappa shape index (κ1) is 17.6. The SMILES string of the molecule is C=C(C=N)c1cc2nccc(Oc3cn(C4CC4)nc3C3CCOCC3)c2s1. The van der Waals surface area contributed by atoms with E-state index in [1.165, 1.54) is 19.1 Å². The van der Waals surface area contributed by atoms with E-state index in [2.05, 4.69) is 22.4 Å². The number of aromatic nitrogens is 3. The molecule has 5 rings (SSSR count). The van der Waals surface area contributed by atoms with Crippen LogP contribution in [0.2, 0.25) is 0 Å². The molecule has 1 aliphatic heterocycles. The first-order chi connectivity index (χ1) is 13.7. The minimum Gasteiger partial charge on any atom is -0.452 e. The molecule has 1 saturated heterocycles. The van der Waals surface area contributed by atoms with Crippen LogP contribution in [0.25, 0.3) is 15.8 Å². The molecule has 144 valence electrons. The smallest absolute Gasteiger partial charge is 0.168 e. The Morgan fingerprint density at radius 1 is 1.29 bits per heavy atom. The van der Waals surface area contributed by atoms with Crippen molar-refractivity contribution in [2.24, 2.45) is 0 Å². The molecule has 0 aromatic carbocycles. The molecule has 1 aliphatic carbocycles. The molecule has 0 unspecified atom stereocenters. The highest BCUT2D eigenvalue weighted by molar-refractivity contribution is 7.20. The zero-order valence-corrected chi connectivity index (χ0v) is 16.4. The lowest BCUT2D eigenvalue weighted by molar-refractivity contribution is 0.0839. The molecule has 1 N–H and O–H groups in total. The number of allylic oxidation sites excluding steroid dienone is 1. The molecule has 6 nitrogen and oxygen atoms in total. The number of ether oxygens (including phenoxy) is 2. The quantitative estimate of drug-likeness (QED) is 0.585. The largest absolute Gasteiger partial charge is 0.452 e. The fraction of sp³-hybridized carbons (Fsp3) is 0.381. The van der Waals surface area contributed by atoms with Gasteiger partial charge in [-0.2, -0.15) is 5.10 Å². The van der Waals surface area contributed by atoms with Gasteiger partial charge in [0.15, 0.2) is 5.75 Å².